The van der Waals surface area contributed by atoms with Gasteiger partial charge in [-0.2, -0.15) is 0 Å². The van der Waals surface area contributed by atoms with E-state index in [1.807, 2.05) is 12.1 Å². The van der Waals surface area contributed by atoms with Crippen molar-refractivity contribution in [1.29, 1.82) is 0 Å². The molecule has 0 radical (unpaired) electrons. The average Bonchev–Trinajstić information content (AvgIpc) is 3.51. The monoisotopic (exact) mass is 328 g/mol. The minimum absolute atomic E-state index is 0.209. The van der Waals surface area contributed by atoms with Gasteiger partial charge in [0.1, 0.15) is 5.75 Å². The summed E-state index contributed by atoms with van der Waals surface area (Å²) in [6.45, 7) is 1.51. The summed E-state index contributed by atoms with van der Waals surface area (Å²) in [5.74, 6) is 2.65. The van der Waals surface area contributed by atoms with E-state index in [2.05, 4.69) is 22.3 Å². The fourth-order valence-electron chi connectivity index (χ4n) is 4.26. The number of para-hydroxylation sites is 1. The number of benzene rings is 1. The number of nitrogens with zero attached hydrogens (tertiary/aromatic N) is 1. The van der Waals surface area contributed by atoms with Crippen LogP contribution in [0, 0.1) is 11.8 Å². The summed E-state index contributed by atoms with van der Waals surface area (Å²) in [5, 5.41) is 3.36. The van der Waals surface area contributed by atoms with Crippen molar-refractivity contribution in [3.8, 4) is 5.75 Å². The molecule has 1 aliphatic heterocycles. The Morgan fingerprint density at radius 2 is 1.92 bits per heavy atom. The van der Waals surface area contributed by atoms with Gasteiger partial charge in [0.15, 0.2) is 0 Å². The van der Waals surface area contributed by atoms with E-state index in [4.69, 9.17) is 4.74 Å². The molecule has 130 valence electrons. The Morgan fingerprint density at radius 1 is 1.21 bits per heavy atom. The maximum Gasteiger partial charge on any atom is 0.234 e. The summed E-state index contributed by atoms with van der Waals surface area (Å²) in [5.41, 5.74) is 1.21. The fraction of sp³-hybridized carbons (Fsp3) is 0.650. The third-order valence-corrected chi connectivity index (χ3v) is 5.80. The molecule has 1 heterocycles. The summed E-state index contributed by atoms with van der Waals surface area (Å²) >= 11 is 0. The smallest absolute Gasteiger partial charge is 0.234 e. The van der Waals surface area contributed by atoms with Gasteiger partial charge in [0.25, 0.3) is 0 Å². The number of hydrogen-bond donors (Lipinski definition) is 1. The molecule has 24 heavy (non-hydrogen) atoms. The van der Waals surface area contributed by atoms with E-state index in [1.165, 1.54) is 31.2 Å². The van der Waals surface area contributed by atoms with Crippen LogP contribution in [0.2, 0.25) is 0 Å². The zero-order valence-corrected chi connectivity index (χ0v) is 14.5. The number of likely N-dealkylation sites (tertiary alicyclic amines) is 1. The van der Waals surface area contributed by atoms with Crippen LogP contribution >= 0.6 is 0 Å². The second kappa shape index (κ2) is 6.75. The molecule has 1 N–H and O–H groups in total. The zero-order valence-electron chi connectivity index (χ0n) is 14.5. The number of carbonyl (C=O) groups excluding carboxylic acids is 1. The Morgan fingerprint density at radius 3 is 2.58 bits per heavy atom. The topological polar surface area (TPSA) is 41.6 Å². The van der Waals surface area contributed by atoms with Gasteiger partial charge in [0.2, 0.25) is 5.91 Å². The van der Waals surface area contributed by atoms with Gasteiger partial charge in [0, 0.05) is 17.6 Å². The van der Waals surface area contributed by atoms with Crippen LogP contribution in [0.1, 0.15) is 50.1 Å². The van der Waals surface area contributed by atoms with Crippen LogP contribution in [0.25, 0.3) is 0 Å². The van der Waals surface area contributed by atoms with E-state index < -0.39 is 0 Å². The highest BCUT2D eigenvalue weighted by Crippen LogP contribution is 2.44. The molecule has 4 rings (SSSR count). The molecule has 1 atom stereocenters. The van der Waals surface area contributed by atoms with Gasteiger partial charge >= 0.3 is 0 Å². The minimum atomic E-state index is 0.209. The Kier molecular flexibility index (Phi) is 4.49. The van der Waals surface area contributed by atoms with Gasteiger partial charge in [-0.25, -0.2) is 0 Å². The Balaban J connectivity index is 1.40. The highest BCUT2D eigenvalue weighted by atomic mass is 16.5. The molecule has 3 fully saturated rings. The van der Waals surface area contributed by atoms with Gasteiger partial charge in [0.05, 0.1) is 13.7 Å². The first-order valence-corrected chi connectivity index (χ1v) is 9.42. The SMILES string of the molecule is COc1ccccc1C1CCCN1CC(=O)NC(C1CC1)C1CC1. The van der Waals surface area contributed by atoms with Crippen molar-refractivity contribution in [2.24, 2.45) is 11.8 Å². The number of rotatable bonds is 7. The number of carbonyl (C=O) groups is 1. The Hall–Kier alpha value is -1.55. The number of ether oxygens (including phenoxy) is 1. The maximum absolute atomic E-state index is 12.6. The summed E-state index contributed by atoms with van der Waals surface area (Å²) in [4.78, 5) is 14.9. The van der Waals surface area contributed by atoms with E-state index in [0.29, 0.717) is 18.6 Å². The molecule has 2 aliphatic carbocycles. The number of methoxy groups -OCH3 is 1. The van der Waals surface area contributed by atoms with Crippen LogP contribution in [0.4, 0.5) is 0 Å². The van der Waals surface area contributed by atoms with Crippen molar-refractivity contribution in [3.05, 3.63) is 29.8 Å². The van der Waals surface area contributed by atoms with E-state index >= 15 is 0 Å². The van der Waals surface area contributed by atoms with Crippen LogP contribution in [-0.4, -0.2) is 37.0 Å². The van der Waals surface area contributed by atoms with E-state index in [1.54, 1.807) is 7.11 Å². The Labute approximate surface area is 144 Å². The lowest BCUT2D eigenvalue weighted by molar-refractivity contribution is -0.123. The summed E-state index contributed by atoms with van der Waals surface area (Å²) in [7, 11) is 1.72. The molecule has 1 unspecified atom stereocenters. The standard InChI is InChI=1S/C20H28N2O2/c1-24-18-7-3-2-5-16(18)17-6-4-12-22(17)13-19(23)21-20(14-8-9-14)15-10-11-15/h2-3,5,7,14-15,17,20H,4,6,8-13H2,1H3,(H,21,23). The second-order valence-corrected chi connectivity index (χ2v) is 7.64. The molecule has 2 saturated carbocycles. The molecular weight excluding hydrogens is 300 g/mol. The predicted octanol–water partition coefficient (Wildman–Crippen LogP) is 3.14. The first-order valence-electron chi connectivity index (χ1n) is 9.42. The lowest BCUT2D eigenvalue weighted by atomic mass is 10.0. The van der Waals surface area contributed by atoms with Gasteiger partial charge < -0.3 is 10.1 Å². The van der Waals surface area contributed by atoms with Gasteiger partial charge in [-0.1, -0.05) is 18.2 Å². The molecule has 0 spiro atoms. The normalized spacial score (nSPS) is 24.3. The van der Waals surface area contributed by atoms with Crippen molar-refractivity contribution in [1.82, 2.24) is 10.2 Å². The van der Waals surface area contributed by atoms with Crippen LogP contribution in [0.3, 0.4) is 0 Å². The minimum Gasteiger partial charge on any atom is -0.496 e. The molecule has 1 aromatic rings. The maximum atomic E-state index is 12.6. The average molecular weight is 328 g/mol. The van der Waals surface area contributed by atoms with Crippen LogP contribution in [0.15, 0.2) is 24.3 Å². The molecule has 1 amide bonds. The third-order valence-electron chi connectivity index (χ3n) is 5.80. The lowest BCUT2D eigenvalue weighted by Gasteiger charge is -2.27. The van der Waals surface area contributed by atoms with E-state index in [-0.39, 0.29) is 5.91 Å². The molecule has 4 nitrogen and oxygen atoms in total. The van der Waals surface area contributed by atoms with Crippen LogP contribution in [0.5, 0.6) is 5.75 Å². The number of amides is 1. The third kappa shape index (κ3) is 3.44. The van der Waals surface area contributed by atoms with Crippen molar-refractivity contribution >= 4 is 5.91 Å². The van der Waals surface area contributed by atoms with Crippen molar-refractivity contribution in [2.75, 3.05) is 20.2 Å². The molecule has 1 saturated heterocycles. The van der Waals surface area contributed by atoms with Gasteiger partial charge in [-0.3, -0.25) is 9.69 Å². The van der Waals surface area contributed by atoms with Crippen molar-refractivity contribution < 1.29 is 9.53 Å². The highest BCUT2D eigenvalue weighted by Gasteiger charge is 2.42. The molecule has 1 aromatic carbocycles. The molecule has 3 aliphatic rings. The lowest BCUT2D eigenvalue weighted by Crippen LogP contribution is -2.43. The summed E-state index contributed by atoms with van der Waals surface area (Å²) in [6, 6.07) is 8.96. The van der Waals surface area contributed by atoms with Gasteiger partial charge in [-0.05, 0) is 63.0 Å². The summed E-state index contributed by atoms with van der Waals surface area (Å²) < 4.78 is 5.53. The largest absolute Gasteiger partial charge is 0.496 e. The zero-order chi connectivity index (χ0) is 16.5. The molecule has 4 heteroatoms. The molecule has 0 bridgehead atoms. The van der Waals surface area contributed by atoms with Crippen molar-refractivity contribution in [3.63, 3.8) is 0 Å². The number of hydrogen-bond acceptors (Lipinski definition) is 3. The first-order chi connectivity index (χ1) is 11.8. The second-order valence-electron chi connectivity index (χ2n) is 7.64. The molecular formula is C20H28N2O2. The first kappa shape index (κ1) is 15.9. The highest BCUT2D eigenvalue weighted by molar-refractivity contribution is 5.78. The van der Waals surface area contributed by atoms with Crippen LogP contribution in [-0.2, 0) is 4.79 Å². The van der Waals surface area contributed by atoms with Crippen LogP contribution < -0.4 is 10.1 Å². The quantitative estimate of drug-likeness (QED) is 0.836. The van der Waals surface area contributed by atoms with E-state index in [0.717, 1.165) is 37.0 Å². The van der Waals surface area contributed by atoms with Gasteiger partial charge in [-0.15, -0.1) is 0 Å². The summed E-state index contributed by atoms with van der Waals surface area (Å²) in [6.07, 6.45) is 7.45. The van der Waals surface area contributed by atoms with E-state index in [9.17, 15) is 4.79 Å². The Bertz CT molecular complexity index is 583. The van der Waals surface area contributed by atoms with Crippen molar-refractivity contribution in [2.45, 2.75) is 50.6 Å². The fourth-order valence-corrected chi connectivity index (χ4v) is 4.26. The number of nitrogens with one attached hydrogen (secondary N) is 1. The predicted molar refractivity (Wildman–Crippen MR) is 93.9 cm³/mol. The molecule has 0 aromatic heterocycles.